The minimum atomic E-state index is -0.381. The second-order valence-corrected chi connectivity index (χ2v) is 5.85. The Morgan fingerprint density at radius 2 is 2.17 bits per heavy atom. The third-order valence-electron chi connectivity index (χ3n) is 4.34. The molecule has 0 atom stereocenters. The molecule has 3 aromatic rings. The van der Waals surface area contributed by atoms with Gasteiger partial charge in [0.05, 0.1) is 6.26 Å². The number of amides is 1. The van der Waals surface area contributed by atoms with Crippen LogP contribution in [0.1, 0.15) is 27.2 Å². The fourth-order valence-electron chi connectivity index (χ4n) is 3.24. The molecule has 0 saturated carbocycles. The standard InChI is InChI=1S/C19H17N3O2/c20-19(23)16-4-1-5-17-15(16)7-9-22(17)18-12-13(6-8-21-18)11-14-3-2-10-24-14/h1-6,8,10,12H,7,9,11H2,(H2,20,23). The topological polar surface area (TPSA) is 72.4 Å². The molecule has 4 rings (SSSR count). The maximum Gasteiger partial charge on any atom is 0.249 e. The summed E-state index contributed by atoms with van der Waals surface area (Å²) in [6.45, 7) is 0.789. The van der Waals surface area contributed by atoms with Crippen LogP contribution in [0.15, 0.2) is 59.3 Å². The minimum absolute atomic E-state index is 0.381. The summed E-state index contributed by atoms with van der Waals surface area (Å²) >= 11 is 0. The number of aromatic nitrogens is 1. The van der Waals surface area contributed by atoms with Crippen molar-refractivity contribution in [1.29, 1.82) is 0 Å². The molecule has 0 bridgehead atoms. The number of nitrogens with zero attached hydrogens (tertiary/aromatic N) is 2. The number of nitrogens with two attached hydrogens (primary N) is 1. The molecule has 1 aliphatic rings. The van der Waals surface area contributed by atoms with E-state index >= 15 is 0 Å². The van der Waals surface area contributed by atoms with E-state index in [-0.39, 0.29) is 5.91 Å². The van der Waals surface area contributed by atoms with Crippen molar-refractivity contribution >= 4 is 17.4 Å². The normalized spacial score (nSPS) is 13.1. The highest BCUT2D eigenvalue weighted by atomic mass is 16.3. The Morgan fingerprint density at radius 3 is 2.96 bits per heavy atom. The number of carbonyl (C=O) groups excluding carboxylic acids is 1. The molecule has 0 saturated heterocycles. The fourth-order valence-corrected chi connectivity index (χ4v) is 3.24. The van der Waals surface area contributed by atoms with Gasteiger partial charge in [-0.15, -0.1) is 0 Å². The Labute approximate surface area is 139 Å². The lowest BCUT2D eigenvalue weighted by molar-refractivity contribution is 0.0999. The minimum Gasteiger partial charge on any atom is -0.469 e. The van der Waals surface area contributed by atoms with Crippen LogP contribution in [0.2, 0.25) is 0 Å². The molecule has 5 heteroatoms. The van der Waals surface area contributed by atoms with E-state index in [0.29, 0.717) is 5.56 Å². The van der Waals surface area contributed by atoms with Crippen molar-refractivity contribution in [2.24, 2.45) is 5.73 Å². The number of fused-ring (bicyclic) bond motifs is 1. The van der Waals surface area contributed by atoms with Crippen LogP contribution >= 0.6 is 0 Å². The van der Waals surface area contributed by atoms with Gasteiger partial charge < -0.3 is 15.1 Å². The summed E-state index contributed by atoms with van der Waals surface area (Å²) in [4.78, 5) is 18.2. The van der Waals surface area contributed by atoms with E-state index in [9.17, 15) is 4.79 Å². The van der Waals surface area contributed by atoms with Crippen molar-refractivity contribution in [2.75, 3.05) is 11.4 Å². The molecule has 5 nitrogen and oxygen atoms in total. The largest absolute Gasteiger partial charge is 0.469 e. The zero-order valence-electron chi connectivity index (χ0n) is 13.1. The second-order valence-electron chi connectivity index (χ2n) is 5.85. The lowest BCUT2D eigenvalue weighted by Gasteiger charge is -2.19. The maximum atomic E-state index is 11.6. The molecule has 24 heavy (non-hydrogen) atoms. The van der Waals surface area contributed by atoms with Crippen molar-refractivity contribution in [1.82, 2.24) is 4.98 Å². The zero-order valence-corrected chi connectivity index (χ0v) is 13.1. The number of furan rings is 1. The second kappa shape index (κ2) is 5.85. The first-order chi connectivity index (χ1) is 11.7. The maximum absolute atomic E-state index is 11.6. The van der Waals surface area contributed by atoms with Crippen LogP contribution < -0.4 is 10.6 Å². The molecule has 1 aliphatic heterocycles. The smallest absolute Gasteiger partial charge is 0.249 e. The number of hydrogen-bond acceptors (Lipinski definition) is 4. The molecule has 1 aromatic carbocycles. The summed E-state index contributed by atoms with van der Waals surface area (Å²) in [6.07, 6.45) is 5.01. The Bertz CT molecular complexity index is 887. The molecular formula is C19H17N3O2. The van der Waals surface area contributed by atoms with Crippen molar-refractivity contribution in [3.8, 4) is 0 Å². The summed E-state index contributed by atoms with van der Waals surface area (Å²) in [5, 5.41) is 0. The number of primary amides is 1. The van der Waals surface area contributed by atoms with Crippen LogP contribution in [0.5, 0.6) is 0 Å². The molecule has 2 aromatic heterocycles. The molecule has 3 heterocycles. The average Bonchev–Trinajstić information content (AvgIpc) is 3.24. The van der Waals surface area contributed by atoms with Gasteiger partial charge in [-0.3, -0.25) is 4.79 Å². The lowest BCUT2D eigenvalue weighted by Crippen LogP contribution is -2.15. The number of hydrogen-bond donors (Lipinski definition) is 1. The highest BCUT2D eigenvalue weighted by Crippen LogP contribution is 2.35. The average molecular weight is 319 g/mol. The monoisotopic (exact) mass is 319 g/mol. The van der Waals surface area contributed by atoms with Crippen molar-refractivity contribution < 1.29 is 9.21 Å². The van der Waals surface area contributed by atoms with Crippen molar-refractivity contribution in [3.05, 3.63) is 77.4 Å². The van der Waals surface area contributed by atoms with Crippen LogP contribution in [0.4, 0.5) is 11.5 Å². The van der Waals surface area contributed by atoms with E-state index in [1.165, 1.54) is 0 Å². The van der Waals surface area contributed by atoms with E-state index < -0.39 is 0 Å². The summed E-state index contributed by atoms with van der Waals surface area (Å²) in [5.74, 6) is 1.41. The Balaban J connectivity index is 1.67. The highest BCUT2D eigenvalue weighted by Gasteiger charge is 2.25. The molecular weight excluding hydrogens is 302 g/mol. The van der Waals surface area contributed by atoms with Gasteiger partial charge in [0.1, 0.15) is 11.6 Å². The van der Waals surface area contributed by atoms with Gasteiger partial charge >= 0.3 is 0 Å². The van der Waals surface area contributed by atoms with Gasteiger partial charge in [-0.1, -0.05) is 6.07 Å². The summed E-state index contributed by atoms with van der Waals surface area (Å²) in [6, 6.07) is 13.6. The van der Waals surface area contributed by atoms with Gasteiger partial charge in [0, 0.05) is 30.4 Å². The number of pyridine rings is 1. The Morgan fingerprint density at radius 1 is 1.25 bits per heavy atom. The van der Waals surface area contributed by atoms with E-state index in [0.717, 1.165) is 47.8 Å². The molecule has 0 aliphatic carbocycles. The predicted octanol–water partition coefficient (Wildman–Crippen LogP) is 3.06. The molecule has 0 unspecified atom stereocenters. The first kappa shape index (κ1) is 14.5. The first-order valence-electron chi connectivity index (χ1n) is 7.89. The predicted molar refractivity (Wildman–Crippen MR) is 91.4 cm³/mol. The van der Waals surface area contributed by atoms with Gasteiger partial charge in [0.25, 0.3) is 0 Å². The van der Waals surface area contributed by atoms with Crippen LogP contribution in [0.3, 0.4) is 0 Å². The molecule has 120 valence electrons. The number of anilines is 2. The van der Waals surface area contributed by atoms with Crippen molar-refractivity contribution in [3.63, 3.8) is 0 Å². The first-order valence-corrected chi connectivity index (χ1v) is 7.89. The SMILES string of the molecule is NC(=O)c1cccc2c1CCN2c1cc(Cc2ccco2)ccn1. The molecule has 0 fully saturated rings. The number of benzene rings is 1. The molecule has 1 amide bonds. The number of rotatable bonds is 4. The van der Waals surface area contributed by atoms with Gasteiger partial charge in [0.2, 0.25) is 5.91 Å². The van der Waals surface area contributed by atoms with E-state index in [2.05, 4.69) is 16.0 Å². The summed E-state index contributed by atoms with van der Waals surface area (Å²) in [7, 11) is 0. The molecule has 0 radical (unpaired) electrons. The van der Waals surface area contributed by atoms with Crippen LogP contribution in [0, 0.1) is 0 Å². The molecule has 0 spiro atoms. The lowest BCUT2D eigenvalue weighted by atomic mass is 10.0. The van der Waals surface area contributed by atoms with Crippen LogP contribution in [0.25, 0.3) is 0 Å². The van der Waals surface area contributed by atoms with E-state index in [1.54, 1.807) is 12.3 Å². The van der Waals surface area contributed by atoms with Crippen molar-refractivity contribution in [2.45, 2.75) is 12.8 Å². The van der Waals surface area contributed by atoms with Crippen LogP contribution in [-0.2, 0) is 12.8 Å². The Hall–Kier alpha value is -3.08. The van der Waals surface area contributed by atoms with Gasteiger partial charge in [-0.05, 0) is 53.9 Å². The molecule has 2 N–H and O–H groups in total. The van der Waals surface area contributed by atoms with E-state index in [1.807, 2.05) is 36.5 Å². The number of carbonyl (C=O) groups is 1. The summed E-state index contributed by atoms with van der Waals surface area (Å²) in [5.41, 5.74) is 9.23. The van der Waals surface area contributed by atoms with Gasteiger partial charge in [-0.2, -0.15) is 0 Å². The summed E-state index contributed by atoms with van der Waals surface area (Å²) < 4.78 is 5.42. The zero-order chi connectivity index (χ0) is 16.5. The Kier molecular flexibility index (Phi) is 3.54. The fraction of sp³-hybridized carbons (Fsp3) is 0.158. The third-order valence-corrected chi connectivity index (χ3v) is 4.34. The quantitative estimate of drug-likeness (QED) is 0.802. The van der Waals surface area contributed by atoms with Gasteiger partial charge in [-0.25, -0.2) is 4.98 Å². The highest BCUT2D eigenvalue weighted by molar-refractivity contribution is 5.96. The van der Waals surface area contributed by atoms with Crippen LogP contribution in [-0.4, -0.2) is 17.4 Å². The van der Waals surface area contributed by atoms with Gasteiger partial charge in [0.15, 0.2) is 0 Å². The van der Waals surface area contributed by atoms with E-state index in [4.69, 9.17) is 10.2 Å². The third kappa shape index (κ3) is 2.54.